The number of carbonyl (C=O) groups is 2. The third kappa shape index (κ3) is 40.3. The maximum atomic E-state index is 13.0. The number of esters is 2. The molecule has 0 heterocycles. The van der Waals surface area contributed by atoms with Crippen LogP contribution in [0.3, 0.4) is 0 Å². The highest BCUT2D eigenvalue weighted by atomic mass is 16.5. The third-order valence-corrected chi connectivity index (χ3v) is 13.0. The summed E-state index contributed by atoms with van der Waals surface area (Å²) in [4.78, 5) is 31.1. The summed E-state index contributed by atoms with van der Waals surface area (Å²) in [5.41, 5.74) is 0. The average Bonchev–Trinajstić information content (AvgIpc) is 3.28. The predicted octanol–water partition coefficient (Wildman–Crippen LogP) is 14.0. The lowest BCUT2D eigenvalue weighted by molar-refractivity contribution is -0.150. The van der Waals surface area contributed by atoms with Crippen molar-refractivity contribution < 1.29 is 29.3 Å². The van der Waals surface area contributed by atoms with E-state index < -0.39 is 0 Å². The maximum Gasteiger partial charge on any atom is 0.308 e. The highest BCUT2D eigenvalue weighted by Crippen LogP contribution is 2.22. The second-order valence-corrected chi connectivity index (χ2v) is 18.9. The number of aliphatic hydroxyl groups is 2. The molecule has 0 rings (SSSR count). The molecule has 62 heavy (non-hydrogen) atoms. The van der Waals surface area contributed by atoms with E-state index in [1.54, 1.807) is 0 Å². The Hall–Kier alpha value is -1.22. The molecule has 370 valence electrons. The molecule has 0 aromatic carbocycles. The lowest BCUT2D eigenvalue weighted by Gasteiger charge is -2.24. The van der Waals surface area contributed by atoms with Crippen LogP contribution in [0.5, 0.6) is 0 Å². The van der Waals surface area contributed by atoms with Gasteiger partial charge in [-0.15, -0.1) is 0 Å². The minimum Gasteiger partial charge on any atom is -0.465 e. The molecule has 0 aromatic rings. The largest absolute Gasteiger partial charge is 0.465 e. The van der Waals surface area contributed by atoms with E-state index in [1.165, 1.54) is 103 Å². The summed E-state index contributed by atoms with van der Waals surface area (Å²) in [5.74, 6) is 0.253. The van der Waals surface area contributed by atoms with Gasteiger partial charge >= 0.3 is 11.9 Å². The molecule has 0 aliphatic carbocycles. The standard InChI is InChI=1S/C54H108N2O6/c1-5-9-13-17-19-27-39-51(37-25-15-11-7-3)53(59)61-49-33-23-21-29-41-55(45-35-47-57)43-31-32-44-56(46-36-48-58)42-30-22-24-34-50-62-54(60)52(38-26-16-12-8-4)40-28-20-18-14-10-6-2/h51-52,57-58H,5-50H2,1-4H3. The van der Waals surface area contributed by atoms with E-state index in [1.807, 2.05) is 0 Å². The van der Waals surface area contributed by atoms with Gasteiger partial charge in [-0.2, -0.15) is 0 Å². The van der Waals surface area contributed by atoms with Crippen LogP contribution in [0, 0.1) is 11.8 Å². The number of aliphatic hydroxyl groups excluding tert-OH is 2. The highest BCUT2D eigenvalue weighted by molar-refractivity contribution is 5.72. The lowest BCUT2D eigenvalue weighted by Crippen LogP contribution is -2.30. The van der Waals surface area contributed by atoms with Crippen molar-refractivity contribution in [1.29, 1.82) is 0 Å². The number of unbranched alkanes of at least 4 members (excludes halogenated alkanes) is 23. The monoisotopic (exact) mass is 881 g/mol. The van der Waals surface area contributed by atoms with Crippen LogP contribution in [0.1, 0.15) is 259 Å². The van der Waals surface area contributed by atoms with E-state index >= 15 is 0 Å². The van der Waals surface area contributed by atoms with Gasteiger partial charge in [0.1, 0.15) is 0 Å². The van der Waals surface area contributed by atoms with Gasteiger partial charge in [0, 0.05) is 26.3 Å². The van der Waals surface area contributed by atoms with Crippen LogP contribution in [0.4, 0.5) is 0 Å². The molecule has 0 fully saturated rings. The van der Waals surface area contributed by atoms with Crippen LogP contribution in [0.15, 0.2) is 0 Å². The first kappa shape index (κ1) is 60.8. The number of rotatable bonds is 51. The van der Waals surface area contributed by atoms with Gasteiger partial charge in [0.15, 0.2) is 0 Å². The maximum absolute atomic E-state index is 13.0. The second kappa shape index (κ2) is 49.2. The lowest BCUT2D eigenvalue weighted by atomic mass is 9.94. The molecular weight excluding hydrogens is 773 g/mol. The molecule has 0 radical (unpaired) electrons. The van der Waals surface area contributed by atoms with Gasteiger partial charge in [-0.1, -0.05) is 182 Å². The van der Waals surface area contributed by atoms with E-state index in [0.717, 1.165) is 168 Å². The molecule has 0 bridgehead atoms. The molecule has 0 spiro atoms. The van der Waals surface area contributed by atoms with Crippen LogP contribution < -0.4 is 0 Å². The topological polar surface area (TPSA) is 99.5 Å². The van der Waals surface area contributed by atoms with Crippen molar-refractivity contribution in [3.8, 4) is 0 Å². The summed E-state index contributed by atoms with van der Waals surface area (Å²) >= 11 is 0. The third-order valence-electron chi connectivity index (χ3n) is 13.0. The summed E-state index contributed by atoms with van der Waals surface area (Å²) in [6.45, 7) is 16.7. The summed E-state index contributed by atoms with van der Waals surface area (Å²) in [7, 11) is 0. The van der Waals surface area contributed by atoms with E-state index in [4.69, 9.17) is 9.47 Å². The Kier molecular flexibility index (Phi) is 48.3. The zero-order valence-corrected chi connectivity index (χ0v) is 42.1. The zero-order valence-electron chi connectivity index (χ0n) is 42.1. The minimum atomic E-state index is 0.0464. The van der Waals surface area contributed by atoms with Crippen molar-refractivity contribution in [2.45, 2.75) is 259 Å². The van der Waals surface area contributed by atoms with Gasteiger partial charge in [0.25, 0.3) is 0 Å². The minimum absolute atomic E-state index is 0.0464. The van der Waals surface area contributed by atoms with Gasteiger partial charge in [0.05, 0.1) is 25.0 Å². The van der Waals surface area contributed by atoms with Gasteiger partial charge < -0.3 is 29.5 Å². The zero-order chi connectivity index (χ0) is 45.4. The number of hydrogen-bond acceptors (Lipinski definition) is 8. The van der Waals surface area contributed by atoms with Gasteiger partial charge in [0.2, 0.25) is 0 Å². The second-order valence-electron chi connectivity index (χ2n) is 18.9. The highest BCUT2D eigenvalue weighted by Gasteiger charge is 2.20. The first-order valence-electron chi connectivity index (χ1n) is 27.5. The molecule has 2 N–H and O–H groups in total. The number of ether oxygens (including phenoxy) is 2. The molecule has 0 saturated heterocycles. The Morgan fingerprint density at radius 1 is 0.339 bits per heavy atom. The fraction of sp³-hybridized carbons (Fsp3) is 0.963. The van der Waals surface area contributed by atoms with Crippen LogP contribution in [0.2, 0.25) is 0 Å². The fourth-order valence-electron chi connectivity index (χ4n) is 8.83. The first-order valence-corrected chi connectivity index (χ1v) is 27.5. The summed E-state index contributed by atoms with van der Waals surface area (Å²) in [5, 5.41) is 19.1. The van der Waals surface area contributed by atoms with Gasteiger partial charge in [-0.05, 0) is 103 Å². The molecule has 0 saturated carbocycles. The molecular formula is C54H108N2O6. The number of nitrogens with zero attached hydrogens (tertiary/aromatic N) is 2. The molecule has 2 unspecified atom stereocenters. The quantitative estimate of drug-likeness (QED) is 0.0460. The fourth-order valence-corrected chi connectivity index (χ4v) is 8.83. The van der Waals surface area contributed by atoms with E-state index in [-0.39, 0.29) is 37.0 Å². The van der Waals surface area contributed by atoms with Crippen molar-refractivity contribution >= 4 is 11.9 Å². The van der Waals surface area contributed by atoms with Crippen molar-refractivity contribution in [3.05, 3.63) is 0 Å². The normalized spacial score (nSPS) is 12.7. The van der Waals surface area contributed by atoms with Crippen molar-refractivity contribution in [3.63, 3.8) is 0 Å². The summed E-state index contributed by atoms with van der Waals surface area (Å²) in [6.07, 6.45) is 41.3. The average molecular weight is 881 g/mol. The Labute approximate surface area is 386 Å². The number of hydrogen-bond donors (Lipinski definition) is 2. The molecule has 8 nitrogen and oxygen atoms in total. The molecule has 2 atom stereocenters. The molecule has 0 aliphatic heterocycles. The number of carbonyl (C=O) groups excluding carboxylic acids is 2. The Bertz CT molecular complexity index is 849. The van der Waals surface area contributed by atoms with E-state index in [2.05, 4.69) is 37.5 Å². The van der Waals surface area contributed by atoms with Crippen LogP contribution in [0.25, 0.3) is 0 Å². The molecule has 0 amide bonds. The summed E-state index contributed by atoms with van der Waals surface area (Å²) < 4.78 is 11.7. The molecule has 0 aromatic heterocycles. The van der Waals surface area contributed by atoms with Gasteiger partial charge in [-0.25, -0.2) is 0 Å². The van der Waals surface area contributed by atoms with Crippen LogP contribution in [-0.4, -0.2) is 97.6 Å². The van der Waals surface area contributed by atoms with E-state index in [9.17, 15) is 19.8 Å². The van der Waals surface area contributed by atoms with Crippen molar-refractivity contribution in [1.82, 2.24) is 9.80 Å². The van der Waals surface area contributed by atoms with E-state index in [0.29, 0.717) is 13.2 Å². The van der Waals surface area contributed by atoms with Gasteiger partial charge in [-0.3, -0.25) is 9.59 Å². The van der Waals surface area contributed by atoms with Crippen molar-refractivity contribution in [2.24, 2.45) is 11.8 Å². The SMILES string of the molecule is CCCCCCCCC(CCCCCC)C(=O)OCCCCCCN(CCCO)CCCCN(CCCO)CCCCCCOC(=O)C(CCCCCC)CCCCCCCC. The van der Waals surface area contributed by atoms with Crippen LogP contribution >= 0.6 is 0 Å². The Balaban J connectivity index is 4.45. The first-order chi connectivity index (χ1) is 30.5. The van der Waals surface area contributed by atoms with Crippen LogP contribution in [-0.2, 0) is 19.1 Å². The predicted molar refractivity (Wildman–Crippen MR) is 265 cm³/mol. The summed E-state index contributed by atoms with van der Waals surface area (Å²) in [6, 6.07) is 0. The Morgan fingerprint density at radius 3 is 0.903 bits per heavy atom. The molecule has 0 aliphatic rings. The molecule has 8 heteroatoms. The van der Waals surface area contributed by atoms with Crippen molar-refractivity contribution in [2.75, 3.05) is 65.7 Å². The smallest absolute Gasteiger partial charge is 0.308 e. The Morgan fingerprint density at radius 2 is 0.581 bits per heavy atom.